The minimum atomic E-state index is -4.92. The Morgan fingerprint density at radius 2 is 1.56 bits per heavy atom. The van der Waals surface area contributed by atoms with Crippen molar-refractivity contribution in [2.75, 3.05) is 6.54 Å². The molecule has 15 nitrogen and oxygen atoms in total. The lowest BCUT2D eigenvalue weighted by molar-refractivity contribution is -0.197. The topological polar surface area (TPSA) is 210 Å². The van der Waals surface area contributed by atoms with Crippen molar-refractivity contribution < 1.29 is 66.1 Å². The summed E-state index contributed by atoms with van der Waals surface area (Å²) in [5.41, 5.74) is -1.36. The summed E-state index contributed by atoms with van der Waals surface area (Å²) >= 11 is 0. The van der Waals surface area contributed by atoms with Gasteiger partial charge in [-0.2, -0.15) is 13.2 Å². The maximum Gasteiger partial charge on any atom is 0.491 e. The van der Waals surface area contributed by atoms with E-state index in [2.05, 4.69) is 16.0 Å². The van der Waals surface area contributed by atoms with Crippen molar-refractivity contribution in [3.63, 3.8) is 0 Å². The zero-order chi connectivity index (χ0) is 34.9. The van der Waals surface area contributed by atoms with Gasteiger partial charge in [0.1, 0.15) is 6.04 Å². The van der Waals surface area contributed by atoms with Crippen molar-refractivity contribution in [1.29, 1.82) is 0 Å². The Balaban J connectivity index is 1.33. The van der Waals surface area contributed by atoms with Gasteiger partial charge in [0.25, 0.3) is 23.6 Å². The third-order valence-electron chi connectivity index (χ3n) is 7.83. The molecule has 3 aliphatic rings. The van der Waals surface area contributed by atoms with E-state index in [0.717, 1.165) is 6.07 Å². The Bertz CT molecular complexity index is 1680. The van der Waals surface area contributed by atoms with Crippen LogP contribution in [0.15, 0.2) is 30.3 Å². The fourth-order valence-electron chi connectivity index (χ4n) is 5.29. The van der Waals surface area contributed by atoms with E-state index in [0.29, 0.717) is 22.2 Å². The highest BCUT2D eigenvalue weighted by atomic mass is 19.4. The molecule has 0 spiro atoms. The summed E-state index contributed by atoms with van der Waals surface area (Å²) in [6.45, 7) is 0.483. The molecule has 0 aliphatic carbocycles. The lowest BCUT2D eigenvalue weighted by atomic mass is 9.77. The first kappa shape index (κ1) is 34.6. The highest BCUT2D eigenvalue weighted by Crippen LogP contribution is 2.34. The van der Waals surface area contributed by atoms with Crippen molar-refractivity contribution in [3.05, 3.63) is 58.1 Å². The van der Waals surface area contributed by atoms with Crippen LogP contribution in [0.5, 0.6) is 0 Å². The van der Waals surface area contributed by atoms with Crippen molar-refractivity contribution in [1.82, 2.24) is 21.0 Å². The van der Waals surface area contributed by atoms with E-state index in [9.17, 15) is 52.0 Å². The normalized spacial score (nSPS) is 16.8. The maximum atomic E-state index is 13.8. The second kappa shape index (κ2) is 13.8. The summed E-state index contributed by atoms with van der Waals surface area (Å²) < 4.78 is 51.5. The van der Waals surface area contributed by atoms with Crippen LogP contribution in [-0.2, 0) is 52.7 Å². The number of amides is 5. The Morgan fingerprint density at radius 3 is 2.25 bits per heavy atom. The van der Waals surface area contributed by atoms with Gasteiger partial charge in [-0.25, -0.2) is 4.79 Å². The molecule has 2 aromatic rings. The molecule has 3 heterocycles. The van der Waals surface area contributed by atoms with E-state index in [1.165, 1.54) is 19.1 Å². The number of hydrogen-bond acceptors (Lipinski definition) is 11. The van der Waals surface area contributed by atoms with Gasteiger partial charge in [0, 0.05) is 30.5 Å². The standard InChI is InChI=1S/C28H27B2F3N4O11/c1-13(35-25(41)14-2-3-15-11-46-29(44)19(15)9-14)24(27(43)34-7-6-23(40)48-37-21(38)4-5-22(37)39)36-26(42)16-8-18(28(31,32)33)17-12-47-30(45)20(17)10-16/h2-3,8-10,13,24,44-45H,4-7,11-12H2,1H3,(H,34,43)(H,35,41)(H,36,42)/t13-,24-/m0/s1. The van der Waals surface area contributed by atoms with Gasteiger partial charge in [-0.15, -0.1) is 5.06 Å². The van der Waals surface area contributed by atoms with Gasteiger partial charge >= 0.3 is 26.4 Å². The fraction of sp³-hybridized carbons (Fsp3) is 0.357. The van der Waals surface area contributed by atoms with Gasteiger partial charge in [0.2, 0.25) is 5.91 Å². The van der Waals surface area contributed by atoms with Crippen LogP contribution in [0.2, 0.25) is 0 Å². The van der Waals surface area contributed by atoms with Crippen LogP contribution in [0, 0.1) is 0 Å². The van der Waals surface area contributed by atoms with Crippen LogP contribution in [0.3, 0.4) is 0 Å². The van der Waals surface area contributed by atoms with Crippen molar-refractivity contribution >= 4 is 60.7 Å². The number of imide groups is 1. The zero-order valence-corrected chi connectivity index (χ0v) is 25.1. The molecule has 1 saturated heterocycles. The molecule has 20 heteroatoms. The summed E-state index contributed by atoms with van der Waals surface area (Å²) in [7, 11) is -2.98. The summed E-state index contributed by atoms with van der Waals surface area (Å²) in [5, 5.41) is 27.5. The molecule has 3 aliphatic heterocycles. The van der Waals surface area contributed by atoms with Gasteiger partial charge in [-0.05, 0) is 53.2 Å². The van der Waals surface area contributed by atoms with Crippen LogP contribution >= 0.6 is 0 Å². The van der Waals surface area contributed by atoms with E-state index in [1.807, 2.05) is 0 Å². The largest absolute Gasteiger partial charge is 0.491 e. The molecule has 252 valence electrons. The smallest absolute Gasteiger partial charge is 0.423 e. The van der Waals surface area contributed by atoms with Crippen LogP contribution in [-0.4, -0.2) is 83.5 Å². The third kappa shape index (κ3) is 7.35. The van der Waals surface area contributed by atoms with Gasteiger partial charge in [0.15, 0.2) is 0 Å². The molecule has 2 atom stereocenters. The Kier molecular flexibility index (Phi) is 9.90. The van der Waals surface area contributed by atoms with E-state index in [-0.39, 0.29) is 36.0 Å². The molecule has 1 fully saturated rings. The molecule has 0 bridgehead atoms. The average Bonchev–Trinajstić information content (AvgIpc) is 3.70. The first-order valence-corrected chi connectivity index (χ1v) is 14.6. The van der Waals surface area contributed by atoms with E-state index < -0.39 is 98.7 Å². The van der Waals surface area contributed by atoms with Gasteiger partial charge in [0.05, 0.1) is 31.2 Å². The average molecular weight is 674 g/mol. The molecule has 5 amide bonds. The van der Waals surface area contributed by atoms with Crippen LogP contribution in [0.4, 0.5) is 13.2 Å². The first-order valence-electron chi connectivity index (χ1n) is 14.6. The number of nitrogens with zero attached hydrogens (tertiary/aromatic N) is 1. The van der Waals surface area contributed by atoms with Crippen molar-refractivity contribution in [2.45, 2.75) is 57.7 Å². The van der Waals surface area contributed by atoms with Crippen molar-refractivity contribution in [2.24, 2.45) is 0 Å². The number of nitrogens with one attached hydrogen (secondary N) is 3. The SMILES string of the molecule is C[C@H](NC(=O)c1ccc2c(c1)B(O)OC2)[C@H](NC(=O)c1cc2c(c(C(F)(F)F)c1)COB2O)C(=O)NCCC(=O)ON1C(=O)CCC1=O. The number of hydroxylamine groups is 2. The molecular formula is C28H27B2F3N4O11. The predicted molar refractivity (Wildman–Crippen MR) is 156 cm³/mol. The zero-order valence-electron chi connectivity index (χ0n) is 25.1. The minimum absolute atomic E-state index is 0.0619. The lowest BCUT2D eigenvalue weighted by Gasteiger charge is -2.26. The summed E-state index contributed by atoms with van der Waals surface area (Å²) in [5.74, 6) is -5.36. The maximum absolute atomic E-state index is 13.8. The predicted octanol–water partition coefficient (Wildman–Crippen LogP) is -1.83. The molecule has 0 radical (unpaired) electrons. The second-order valence-corrected chi connectivity index (χ2v) is 11.1. The Labute approximate surface area is 270 Å². The molecule has 0 aromatic heterocycles. The highest BCUT2D eigenvalue weighted by molar-refractivity contribution is 6.62. The Morgan fingerprint density at radius 1 is 0.938 bits per heavy atom. The highest BCUT2D eigenvalue weighted by Gasteiger charge is 2.41. The van der Waals surface area contributed by atoms with E-state index >= 15 is 0 Å². The number of alkyl halides is 3. The van der Waals surface area contributed by atoms with Gasteiger partial charge in [-0.3, -0.25) is 24.0 Å². The summed E-state index contributed by atoms with van der Waals surface area (Å²) in [4.78, 5) is 80.1. The molecule has 5 N–H and O–H groups in total. The van der Waals surface area contributed by atoms with Crippen LogP contribution in [0.1, 0.15) is 63.6 Å². The minimum Gasteiger partial charge on any atom is -0.423 e. The van der Waals surface area contributed by atoms with Crippen molar-refractivity contribution in [3.8, 4) is 0 Å². The number of fused-ring (bicyclic) bond motifs is 2. The molecule has 0 saturated carbocycles. The number of hydrogen-bond donors (Lipinski definition) is 5. The summed E-state index contributed by atoms with van der Waals surface area (Å²) in [6, 6.07) is 3.03. The number of rotatable bonds is 10. The first-order chi connectivity index (χ1) is 22.6. The molecule has 2 aromatic carbocycles. The quantitative estimate of drug-likeness (QED) is 0.140. The van der Waals surface area contributed by atoms with Crippen LogP contribution < -0.4 is 26.9 Å². The van der Waals surface area contributed by atoms with E-state index in [1.54, 1.807) is 6.07 Å². The Hall–Kier alpha value is -4.78. The number of benzene rings is 2. The molecular weight excluding hydrogens is 647 g/mol. The molecule has 5 rings (SSSR count). The van der Waals surface area contributed by atoms with E-state index in [4.69, 9.17) is 14.1 Å². The molecule has 0 unspecified atom stereocenters. The number of carbonyl (C=O) groups excluding carboxylic acids is 6. The van der Waals surface area contributed by atoms with Gasteiger partial charge in [-0.1, -0.05) is 6.07 Å². The lowest BCUT2D eigenvalue weighted by Crippen LogP contribution is -2.57. The second-order valence-electron chi connectivity index (χ2n) is 11.1. The third-order valence-corrected chi connectivity index (χ3v) is 7.83. The fourth-order valence-corrected chi connectivity index (χ4v) is 5.29. The monoisotopic (exact) mass is 674 g/mol. The molecule has 48 heavy (non-hydrogen) atoms. The number of halogens is 3. The van der Waals surface area contributed by atoms with Gasteiger partial charge < -0.3 is 40.1 Å². The van der Waals surface area contributed by atoms with Crippen LogP contribution in [0.25, 0.3) is 0 Å². The number of carbonyl (C=O) groups is 6. The summed E-state index contributed by atoms with van der Waals surface area (Å²) in [6.07, 6.45) is -5.71.